The molecule has 0 heterocycles. The molecule has 0 saturated carbocycles. The van der Waals surface area contributed by atoms with Crippen LogP contribution in [0.15, 0.2) is 0 Å². The number of rotatable bonds is 6. The molecule has 0 aromatic carbocycles. The van der Waals surface area contributed by atoms with Crippen molar-refractivity contribution in [2.45, 2.75) is 50.4 Å². The maximum atomic E-state index is 11.6. The molecule has 0 aromatic heterocycles. The van der Waals surface area contributed by atoms with E-state index in [0.717, 1.165) is 0 Å². The van der Waals surface area contributed by atoms with Gasteiger partial charge in [0.15, 0.2) is 0 Å². The van der Waals surface area contributed by atoms with Crippen molar-refractivity contribution in [2.24, 2.45) is 0 Å². The van der Waals surface area contributed by atoms with Gasteiger partial charge in [-0.2, -0.15) is 16.8 Å². The molecule has 0 aliphatic heterocycles. The van der Waals surface area contributed by atoms with E-state index in [-0.39, 0.29) is 43.8 Å². The van der Waals surface area contributed by atoms with E-state index in [1.165, 1.54) is 27.7 Å². The van der Waals surface area contributed by atoms with Gasteiger partial charge in [0, 0.05) is 12.8 Å². The molecule has 0 radical (unpaired) electrons. The minimum Gasteiger partial charge on any atom is -1.00 e. The summed E-state index contributed by atoms with van der Waals surface area (Å²) in [5, 5.41) is 0. The van der Waals surface area contributed by atoms with E-state index in [1.54, 1.807) is 0 Å². The van der Waals surface area contributed by atoms with E-state index in [9.17, 15) is 25.9 Å². The van der Waals surface area contributed by atoms with Gasteiger partial charge in [-0.25, -0.2) is 0 Å². The van der Waals surface area contributed by atoms with Crippen molar-refractivity contribution in [3.05, 3.63) is 0 Å². The first-order valence-electron chi connectivity index (χ1n) is 5.97. The molecule has 2 atom stereocenters. The zero-order chi connectivity index (χ0) is 16.9. The van der Waals surface area contributed by atoms with Crippen LogP contribution in [0.25, 0.3) is 0 Å². The molecule has 0 amide bonds. The summed E-state index contributed by atoms with van der Waals surface area (Å²) in [6.45, 7) is 5.26. The summed E-state index contributed by atoms with van der Waals surface area (Å²) in [5.74, 6) is 8.84. The molecule has 0 fully saturated rings. The molecule has 0 aliphatic carbocycles. The largest absolute Gasteiger partial charge is 1.00 e. The molecule has 0 bridgehead atoms. The van der Waals surface area contributed by atoms with Gasteiger partial charge in [0.1, 0.15) is 0 Å². The SMILES string of the molecule is CC#CC(CC)(OC(C#CC)(CC)S(=O)(=O)O)S(=O)(=O)O.[H-].[Na+]. The van der Waals surface area contributed by atoms with Crippen LogP contribution < -0.4 is 29.6 Å². The zero-order valence-electron chi connectivity index (χ0n) is 14.2. The van der Waals surface area contributed by atoms with Crippen LogP contribution in [0.4, 0.5) is 0 Å². The van der Waals surface area contributed by atoms with Crippen LogP contribution in [-0.4, -0.2) is 35.8 Å². The fraction of sp³-hybridized carbons (Fsp3) is 0.667. The van der Waals surface area contributed by atoms with Crippen molar-refractivity contribution in [1.29, 1.82) is 0 Å². The molecule has 2 N–H and O–H groups in total. The minimum atomic E-state index is -4.90. The van der Waals surface area contributed by atoms with Gasteiger partial charge in [-0.05, 0) is 25.7 Å². The maximum Gasteiger partial charge on any atom is 1.00 e. The van der Waals surface area contributed by atoms with Gasteiger partial charge in [0.2, 0.25) is 0 Å². The Balaban J connectivity index is -0.00000200. The number of hydrogen-bond donors (Lipinski definition) is 2. The number of hydrogen-bond acceptors (Lipinski definition) is 5. The third-order valence-electron chi connectivity index (χ3n) is 2.72. The summed E-state index contributed by atoms with van der Waals surface area (Å²) >= 11 is 0. The Morgan fingerprint density at radius 3 is 1.32 bits per heavy atom. The fourth-order valence-electron chi connectivity index (χ4n) is 1.62. The molecule has 0 spiro atoms. The van der Waals surface area contributed by atoms with Gasteiger partial charge in [-0.3, -0.25) is 9.11 Å². The summed E-state index contributed by atoms with van der Waals surface area (Å²) in [4.78, 5) is -5.01. The van der Waals surface area contributed by atoms with E-state index in [2.05, 4.69) is 23.7 Å². The summed E-state index contributed by atoms with van der Waals surface area (Å²) < 4.78 is 70.3. The Hall–Kier alpha value is -0.100. The molecule has 0 aromatic rings. The Morgan fingerprint density at radius 1 is 0.909 bits per heavy atom. The molecular formula is C12H19NaO7S2. The minimum absolute atomic E-state index is 0. The Labute approximate surface area is 155 Å². The summed E-state index contributed by atoms with van der Waals surface area (Å²) in [5.41, 5.74) is 0. The van der Waals surface area contributed by atoms with Crippen molar-refractivity contribution >= 4 is 20.2 Å². The van der Waals surface area contributed by atoms with Gasteiger partial charge in [0.25, 0.3) is 9.87 Å². The van der Waals surface area contributed by atoms with Crippen LogP contribution in [0.2, 0.25) is 0 Å². The summed E-state index contributed by atoms with van der Waals surface area (Å²) in [6, 6.07) is 0. The first-order chi connectivity index (χ1) is 9.45. The topological polar surface area (TPSA) is 118 Å². The van der Waals surface area contributed by atoms with Crippen LogP contribution in [0.3, 0.4) is 0 Å². The molecule has 0 rings (SSSR count). The van der Waals surface area contributed by atoms with E-state index in [0.29, 0.717) is 0 Å². The van der Waals surface area contributed by atoms with Gasteiger partial charge in [-0.15, -0.1) is 11.8 Å². The van der Waals surface area contributed by atoms with E-state index >= 15 is 0 Å². The van der Waals surface area contributed by atoms with E-state index in [1.807, 2.05) is 0 Å². The van der Waals surface area contributed by atoms with Gasteiger partial charge < -0.3 is 6.16 Å². The Bertz CT molecular complexity index is 650. The Morgan fingerprint density at radius 2 is 1.18 bits per heavy atom. The first kappa shape index (κ1) is 24.2. The average Bonchev–Trinajstić information content (AvgIpc) is 2.34. The van der Waals surface area contributed by atoms with Gasteiger partial charge in [-0.1, -0.05) is 13.8 Å². The molecule has 22 heavy (non-hydrogen) atoms. The van der Waals surface area contributed by atoms with E-state index < -0.39 is 30.1 Å². The Kier molecular flexibility index (Phi) is 9.52. The second kappa shape index (κ2) is 8.67. The quantitative estimate of drug-likeness (QED) is 0.324. The molecular weight excluding hydrogens is 343 g/mol. The predicted octanol–water partition coefficient (Wildman–Crippen LogP) is -1.85. The van der Waals surface area contributed by atoms with Crippen LogP contribution in [0.1, 0.15) is 42.0 Å². The zero-order valence-corrected chi connectivity index (χ0v) is 16.8. The van der Waals surface area contributed by atoms with Gasteiger partial charge >= 0.3 is 49.8 Å². The third-order valence-corrected chi connectivity index (χ3v) is 5.34. The van der Waals surface area contributed by atoms with Crippen LogP contribution >= 0.6 is 0 Å². The fourth-order valence-corrected chi connectivity index (χ4v) is 3.36. The second-order valence-electron chi connectivity index (χ2n) is 4.02. The normalized spacial score (nSPS) is 16.6. The van der Waals surface area contributed by atoms with Crippen LogP contribution in [0.5, 0.6) is 0 Å². The van der Waals surface area contributed by atoms with Gasteiger partial charge in [0.05, 0.1) is 0 Å². The van der Waals surface area contributed by atoms with Crippen LogP contribution in [0, 0.1) is 23.7 Å². The monoisotopic (exact) mass is 362 g/mol. The molecule has 0 saturated heterocycles. The molecule has 0 aliphatic rings. The van der Waals surface area contributed by atoms with Crippen molar-refractivity contribution in [3.8, 4) is 23.7 Å². The smallest absolute Gasteiger partial charge is 1.00 e. The van der Waals surface area contributed by atoms with Crippen molar-refractivity contribution in [3.63, 3.8) is 0 Å². The first-order valence-corrected chi connectivity index (χ1v) is 8.85. The van der Waals surface area contributed by atoms with Crippen LogP contribution in [-0.2, 0) is 25.0 Å². The van der Waals surface area contributed by atoms with Crippen molar-refractivity contribution < 1.29 is 61.7 Å². The van der Waals surface area contributed by atoms with Crippen molar-refractivity contribution in [1.82, 2.24) is 0 Å². The second-order valence-corrected chi connectivity index (χ2v) is 7.23. The molecule has 122 valence electrons. The standard InChI is InChI=1S/C12H18O7S2.Na.H/c1-5-9-11(7-3,20(13,14)15)19-12(8-4,10-6-2)21(16,17)18;;/h7-8H2,1-4H3,(H,13,14,15)(H,16,17,18);;/q;+1;-1. The van der Waals surface area contributed by atoms with E-state index in [4.69, 9.17) is 4.74 Å². The summed E-state index contributed by atoms with van der Waals surface area (Å²) in [6.07, 6.45) is -0.731. The molecule has 2 unspecified atom stereocenters. The predicted molar refractivity (Wildman–Crippen MR) is 78.2 cm³/mol. The molecule has 7 nitrogen and oxygen atoms in total. The average molecular weight is 362 g/mol. The van der Waals surface area contributed by atoms with Crippen molar-refractivity contribution in [2.75, 3.05) is 0 Å². The summed E-state index contributed by atoms with van der Waals surface area (Å²) in [7, 11) is -9.80. The molecule has 10 heteroatoms. The third kappa shape index (κ3) is 4.95. The number of ether oxygens (including phenoxy) is 1. The maximum absolute atomic E-state index is 11.6.